The Kier molecular flexibility index (Phi) is 1.62. The van der Waals surface area contributed by atoms with Crippen molar-refractivity contribution in [3.8, 4) is 0 Å². The Bertz CT molecular complexity index is 579. The van der Waals surface area contributed by atoms with Crippen LogP contribution in [0.2, 0.25) is 0 Å². The van der Waals surface area contributed by atoms with Crippen LogP contribution in [0.5, 0.6) is 0 Å². The lowest BCUT2D eigenvalue weighted by Crippen LogP contribution is -2.06. The topological polar surface area (TPSA) is 29.1 Å². The van der Waals surface area contributed by atoms with Crippen molar-refractivity contribution in [1.29, 1.82) is 0 Å². The van der Waals surface area contributed by atoms with E-state index in [1.54, 1.807) is 0 Å². The van der Waals surface area contributed by atoms with E-state index >= 15 is 0 Å². The fourth-order valence-corrected chi connectivity index (χ4v) is 2.13. The van der Waals surface area contributed by atoms with E-state index in [1.165, 1.54) is 16.3 Å². The van der Waals surface area contributed by atoms with Gasteiger partial charge in [-0.05, 0) is 22.4 Å². The van der Waals surface area contributed by atoms with Crippen LogP contribution in [0.15, 0.2) is 36.4 Å². The monoisotopic (exact) mass is 195 g/mol. The van der Waals surface area contributed by atoms with E-state index in [4.69, 9.17) is 0 Å². The van der Waals surface area contributed by atoms with Gasteiger partial charge in [-0.1, -0.05) is 36.4 Å². The number of carbonyl (C=O) groups excluding carboxylic acids is 1. The summed E-state index contributed by atoms with van der Waals surface area (Å²) in [7, 11) is 0. The molecular weight excluding hydrogens is 186 g/mol. The highest BCUT2D eigenvalue weighted by atomic mass is 16.1. The maximum atomic E-state index is 10.5. The van der Waals surface area contributed by atoms with Crippen LogP contribution in [-0.4, -0.2) is 6.41 Å². The number of nitrogens with one attached hydrogen (secondary N) is 1. The molecule has 1 N–H and O–H groups in total. The summed E-state index contributed by atoms with van der Waals surface area (Å²) in [5.74, 6) is 0. The number of hydrogen-bond donors (Lipinski definition) is 1. The van der Waals surface area contributed by atoms with Gasteiger partial charge in [-0.15, -0.1) is 0 Å². The fraction of sp³-hybridized carbons (Fsp3) is 0. The predicted molar refractivity (Wildman–Crippen MR) is 61.0 cm³/mol. The molecule has 2 aromatic carbocycles. The molecule has 0 saturated carbocycles. The first-order valence-corrected chi connectivity index (χ1v) is 4.84. The highest BCUT2D eigenvalue weighted by molar-refractivity contribution is 6.09. The molecule has 0 radical (unpaired) electrons. The minimum Gasteiger partial charge on any atom is -0.328 e. The molecule has 2 heteroatoms. The Morgan fingerprint density at radius 1 is 1.07 bits per heavy atom. The summed E-state index contributed by atoms with van der Waals surface area (Å²) >= 11 is 0. The van der Waals surface area contributed by atoms with Crippen LogP contribution in [0.1, 0.15) is 11.1 Å². The van der Waals surface area contributed by atoms with Gasteiger partial charge in [-0.25, -0.2) is 0 Å². The van der Waals surface area contributed by atoms with Crippen molar-refractivity contribution < 1.29 is 4.79 Å². The van der Waals surface area contributed by atoms with Gasteiger partial charge in [-0.2, -0.15) is 0 Å². The van der Waals surface area contributed by atoms with Crippen LogP contribution in [0, 0.1) is 0 Å². The molecule has 0 heterocycles. The average Bonchev–Trinajstić information content (AvgIpc) is 2.61. The zero-order valence-corrected chi connectivity index (χ0v) is 8.03. The first-order valence-electron chi connectivity index (χ1n) is 4.84. The van der Waals surface area contributed by atoms with Crippen molar-refractivity contribution in [2.45, 2.75) is 0 Å². The van der Waals surface area contributed by atoms with Crippen LogP contribution in [0.4, 0.5) is 0 Å². The summed E-state index contributed by atoms with van der Waals surface area (Å²) < 4.78 is 0. The van der Waals surface area contributed by atoms with Gasteiger partial charge in [0.1, 0.15) is 0 Å². The molecule has 1 aliphatic rings. The molecule has 0 saturated heterocycles. The van der Waals surface area contributed by atoms with Crippen molar-refractivity contribution in [3.63, 3.8) is 0 Å². The first kappa shape index (κ1) is 8.24. The van der Waals surface area contributed by atoms with Gasteiger partial charge >= 0.3 is 0 Å². The molecule has 0 atom stereocenters. The minimum atomic E-state index is 0.719. The molecule has 15 heavy (non-hydrogen) atoms. The second-order valence-electron chi connectivity index (χ2n) is 3.57. The summed E-state index contributed by atoms with van der Waals surface area (Å²) in [6.45, 7) is 0. The van der Waals surface area contributed by atoms with E-state index in [0.717, 1.165) is 17.7 Å². The zero-order valence-electron chi connectivity index (χ0n) is 8.03. The predicted octanol–water partition coefficient (Wildman–Crippen LogP) is 2.40. The number of hydrogen-bond acceptors (Lipinski definition) is 1. The summed E-state index contributed by atoms with van der Waals surface area (Å²) in [6.07, 6.45) is 2.72. The Morgan fingerprint density at radius 2 is 1.87 bits per heavy atom. The normalized spacial score (nSPS) is 12.7. The van der Waals surface area contributed by atoms with Crippen LogP contribution >= 0.6 is 0 Å². The Hall–Kier alpha value is -2.09. The Balaban J connectivity index is 2.35. The molecule has 72 valence electrons. The van der Waals surface area contributed by atoms with Gasteiger partial charge in [0.2, 0.25) is 6.41 Å². The van der Waals surface area contributed by atoms with Gasteiger partial charge in [0.25, 0.3) is 0 Å². The van der Waals surface area contributed by atoms with Gasteiger partial charge in [0.15, 0.2) is 0 Å². The maximum Gasteiger partial charge on any atom is 0.211 e. The molecule has 0 spiro atoms. The second kappa shape index (κ2) is 2.95. The number of amides is 1. The van der Waals surface area contributed by atoms with Crippen LogP contribution in [0.25, 0.3) is 22.5 Å². The zero-order chi connectivity index (χ0) is 10.3. The number of benzene rings is 2. The lowest BCUT2D eigenvalue weighted by Gasteiger charge is -2.03. The van der Waals surface area contributed by atoms with E-state index in [1.807, 2.05) is 24.3 Å². The van der Waals surface area contributed by atoms with Crippen molar-refractivity contribution in [2.75, 3.05) is 0 Å². The largest absolute Gasteiger partial charge is 0.328 e. The molecular formula is C13H9NO. The molecule has 1 amide bonds. The highest BCUT2D eigenvalue weighted by Crippen LogP contribution is 2.34. The van der Waals surface area contributed by atoms with E-state index < -0.39 is 0 Å². The molecule has 0 bridgehead atoms. The molecule has 0 fully saturated rings. The van der Waals surface area contributed by atoms with Crippen LogP contribution in [-0.2, 0) is 4.79 Å². The molecule has 2 aromatic rings. The SMILES string of the molecule is O=CNC1=Cc2cccc3cccc1c23. The standard InChI is InChI=1S/C13H9NO/c15-8-14-12-7-10-5-1-3-9-4-2-6-11(12)13(9)10/h1-8H,(H,14,15). The lowest BCUT2D eigenvalue weighted by atomic mass is 10.0. The van der Waals surface area contributed by atoms with Gasteiger partial charge in [0.05, 0.1) is 0 Å². The van der Waals surface area contributed by atoms with Crippen molar-refractivity contribution in [1.82, 2.24) is 5.32 Å². The van der Waals surface area contributed by atoms with E-state index in [9.17, 15) is 4.79 Å². The van der Waals surface area contributed by atoms with E-state index in [0.29, 0.717) is 0 Å². The summed E-state index contributed by atoms with van der Waals surface area (Å²) in [4.78, 5) is 10.5. The van der Waals surface area contributed by atoms with E-state index in [2.05, 4.69) is 23.5 Å². The Morgan fingerprint density at radius 3 is 2.67 bits per heavy atom. The third-order valence-electron chi connectivity index (χ3n) is 2.74. The quantitative estimate of drug-likeness (QED) is 0.732. The smallest absolute Gasteiger partial charge is 0.211 e. The third-order valence-corrected chi connectivity index (χ3v) is 2.74. The fourth-order valence-electron chi connectivity index (χ4n) is 2.13. The first-order chi connectivity index (χ1) is 7.40. The maximum absolute atomic E-state index is 10.5. The molecule has 0 aliphatic heterocycles. The van der Waals surface area contributed by atoms with Gasteiger partial charge in [0, 0.05) is 11.3 Å². The van der Waals surface area contributed by atoms with Gasteiger partial charge < -0.3 is 5.32 Å². The van der Waals surface area contributed by atoms with Crippen LogP contribution in [0.3, 0.4) is 0 Å². The molecule has 2 nitrogen and oxygen atoms in total. The number of rotatable bonds is 2. The Labute approximate surface area is 87.2 Å². The molecule has 3 rings (SSSR count). The summed E-state index contributed by atoms with van der Waals surface area (Å²) in [5.41, 5.74) is 3.17. The highest BCUT2D eigenvalue weighted by Gasteiger charge is 2.14. The summed E-state index contributed by atoms with van der Waals surface area (Å²) in [5, 5.41) is 5.17. The van der Waals surface area contributed by atoms with Crippen molar-refractivity contribution in [3.05, 3.63) is 47.5 Å². The molecule has 0 unspecified atom stereocenters. The van der Waals surface area contributed by atoms with Gasteiger partial charge in [-0.3, -0.25) is 4.79 Å². The average molecular weight is 195 g/mol. The number of carbonyl (C=O) groups is 1. The lowest BCUT2D eigenvalue weighted by molar-refractivity contribution is -0.108. The third kappa shape index (κ3) is 1.08. The molecule has 0 aromatic heterocycles. The minimum absolute atomic E-state index is 0.719. The summed E-state index contributed by atoms with van der Waals surface area (Å²) in [6, 6.07) is 12.3. The van der Waals surface area contributed by atoms with Crippen molar-refractivity contribution in [2.24, 2.45) is 0 Å². The van der Waals surface area contributed by atoms with Crippen LogP contribution < -0.4 is 5.32 Å². The van der Waals surface area contributed by atoms with E-state index in [-0.39, 0.29) is 0 Å². The molecule has 1 aliphatic carbocycles. The second-order valence-corrected chi connectivity index (χ2v) is 3.57. The van der Waals surface area contributed by atoms with Crippen molar-refractivity contribution >= 4 is 29.0 Å².